The zero-order chi connectivity index (χ0) is 14.2. The van der Waals surface area contributed by atoms with Gasteiger partial charge in [-0.25, -0.2) is 0 Å². The van der Waals surface area contributed by atoms with Gasteiger partial charge in [0, 0.05) is 12.6 Å². The molecule has 2 aromatic rings. The van der Waals surface area contributed by atoms with Crippen LogP contribution in [-0.4, -0.2) is 19.3 Å². The van der Waals surface area contributed by atoms with Gasteiger partial charge in [-0.15, -0.1) is 0 Å². The van der Waals surface area contributed by atoms with Crippen molar-refractivity contribution in [2.24, 2.45) is 5.92 Å². The highest BCUT2D eigenvalue weighted by Crippen LogP contribution is 2.43. The van der Waals surface area contributed by atoms with E-state index in [0.717, 1.165) is 13.2 Å². The van der Waals surface area contributed by atoms with Crippen LogP contribution in [0, 0.1) is 5.92 Å². The minimum absolute atomic E-state index is 0.313. The van der Waals surface area contributed by atoms with Gasteiger partial charge in [0.05, 0.1) is 12.6 Å². The van der Waals surface area contributed by atoms with Crippen LogP contribution < -0.4 is 5.32 Å². The normalized spacial score (nSPS) is 22.0. The second kappa shape index (κ2) is 5.28. The lowest BCUT2D eigenvalue weighted by molar-refractivity contribution is 0.177. The van der Waals surface area contributed by atoms with E-state index in [4.69, 9.17) is 4.74 Å². The molecule has 21 heavy (non-hydrogen) atoms. The number of ether oxygens (including phenoxy) is 1. The highest BCUT2D eigenvalue weighted by atomic mass is 16.5. The van der Waals surface area contributed by atoms with Gasteiger partial charge in [-0.05, 0) is 41.5 Å². The van der Waals surface area contributed by atoms with Crippen molar-refractivity contribution in [1.29, 1.82) is 0 Å². The van der Waals surface area contributed by atoms with E-state index in [1.165, 1.54) is 28.7 Å². The molecule has 1 N–H and O–H groups in total. The largest absolute Gasteiger partial charge is 0.381 e. The summed E-state index contributed by atoms with van der Waals surface area (Å²) in [6.07, 6.45) is 1.17. The Kier molecular flexibility index (Phi) is 3.28. The minimum Gasteiger partial charge on any atom is -0.381 e. The first-order valence-corrected chi connectivity index (χ1v) is 7.86. The first-order chi connectivity index (χ1) is 10.3. The number of rotatable bonds is 3. The molecule has 2 aromatic carbocycles. The van der Waals surface area contributed by atoms with Crippen LogP contribution in [0.4, 0.5) is 0 Å². The summed E-state index contributed by atoms with van der Waals surface area (Å²) in [5.41, 5.74) is 5.56. The maximum absolute atomic E-state index is 5.54. The molecule has 108 valence electrons. The smallest absolute Gasteiger partial charge is 0.0591 e. The van der Waals surface area contributed by atoms with Crippen molar-refractivity contribution >= 4 is 0 Å². The third-order valence-electron chi connectivity index (χ3n) is 4.94. The summed E-state index contributed by atoms with van der Waals surface area (Å²) >= 11 is 0. The lowest BCUT2D eigenvalue weighted by Crippen LogP contribution is -2.36. The van der Waals surface area contributed by atoms with Crippen molar-refractivity contribution in [1.82, 2.24) is 5.32 Å². The average Bonchev–Trinajstić information content (AvgIpc) is 3.15. The van der Waals surface area contributed by atoms with Gasteiger partial charge >= 0.3 is 0 Å². The van der Waals surface area contributed by atoms with Gasteiger partial charge in [0.2, 0.25) is 0 Å². The molecule has 1 heterocycles. The quantitative estimate of drug-likeness (QED) is 0.923. The lowest BCUT2D eigenvalue weighted by atomic mass is 9.97. The van der Waals surface area contributed by atoms with Crippen molar-refractivity contribution in [3.63, 3.8) is 0 Å². The van der Waals surface area contributed by atoms with Gasteiger partial charge in [-0.2, -0.15) is 0 Å². The highest BCUT2D eigenvalue weighted by molar-refractivity contribution is 5.78. The monoisotopic (exact) mass is 279 g/mol. The van der Waals surface area contributed by atoms with Crippen molar-refractivity contribution < 1.29 is 4.74 Å². The van der Waals surface area contributed by atoms with Gasteiger partial charge in [0.15, 0.2) is 0 Å². The maximum Gasteiger partial charge on any atom is 0.0591 e. The number of hydrogen-bond acceptors (Lipinski definition) is 2. The van der Waals surface area contributed by atoms with Crippen LogP contribution in [0.2, 0.25) is 0 Å². The Bertz CT molecular complexity index is 600. The van der Waals surface area contributed by atoms with Crippen LogP contribution in [0.3, 0.4) is 0 Å². The molecule has 2 nitrogen and oxygen atoms in total. The molecule has 2 aliphatic rings. The fourth-order valence-electron chi connectivity index (χ4n) is 3.68. The molecule has 0 bridgehead atoms. The van der Waals surface area contributed by atoms with E-state index in [-0.39, 0.29) is 0 Å². The molecule has 0 saturated carbocycles. The van der Waals surface area contributed by atoms with Gasteiger partial charge in [-0.3, -0.25) is 0 Å². The molecule has 0 spiro atoms. The van der Waals surface area contributed by atoms with Crippen molar-refractivity contribution in [3.05, 3.63) is 59.7 Å². The summed E-state index contributed by atoms with van der Waals surface area (Å²) in [5.74, 6) is 0.630. The molecule has 0 aromatic heterocycles. The predicted molar refractivity (Wildman–Crippen MR) is 85.2 cm³/mol. The number of nitrogens with one attached hydrogen (secondary N) is 1. The van der Waals surface area contributed by atoms with E-state index in [9.17, 15) is 0 Å². The first kappa shape index (κ1) is 13.1. The maximum atomic E-state index is 5.54. The molecule has 1 fully saturated rings. The third-order valence-corrected chi connectivity index (χ3v) is 4.94. The minimum atomic E-state index is 0.313. The number of fused-ring (bicyclic) bond motifs is 3. The van der Waals surface area contributed by atoms with Gasteiger partial charge in [0.25, 0.3) is 0 Å². The molecule has 2 heteroatoms. The van der Waals surface area contributed by atoms with E-state index in [0.29, 0.717) is 18.0 Å². The number of hydrogen-bond donors (Lipinski definition) is 1. The second-order valence-electron chi connectivity index (χ2n) is 6.19. The second-order valence-corrected chi connectivity index (χ2v) is 6.19. The SMILES string of the molecule is CC(NC1c2ccccc2-c2ccccc21)C1CCOC1. The summed E-state index contributed by atoms with van der Waals surface area (Å²) in [7, 11) is 0. The Balaban J connectivity index is 1.68. The Hall–Kier alpha value is -1.64. The zero-order valence-corrected chi connectivity index (χ0v) is 12.4. The average molecular weight is 279 g/mol. The van der Waals surface area contributed by atoms with Crippen LogP contribution in [0.15, 0.2) is 48.5 Å². The predicted octanol–water partition coefficient (Wildman–Crippen LogP) is 3.77. The van der Waals surface area contributed by atoms with Crippen molar-refractivity contribution in [2.45, 2.75) is 25.4 Å². The molecular formula is C19H21NO. The third kappa shape index (κ3) is 2.19. The standard InChI is InChI=1S/C19H21NO/c1-13(14-10-11-21-12-14)20-19-17-8-4-2-6-15(17)16-7-3-5-9-18(16)19/h2-9,13-14,19-20H,10-12H2,1H3. The van der Waals surface area contributed by atoms with Crippen LogP contribution in [0.5, 0.6) is 0 Å². The van der Waals surface area contributed by atoms with Gasteiger partial charge < -0.3 is 10.1 Å². The summed E-state index contributed by atoms with van der Waals surface area (Å²) in [6, 6.07) is 18.3. The molecule has 0 radical (unpaired) electrons. The Labute approximate surface area is 126 Å². The zero-order valence-electron chi connectivity index (χ0n) is 12.4. The van der Waals surface area contributed by atoms with E-state index in [2.05, 4.69) is 60.8 Å². The lowest BCUT2D eigenvalue weighted by Gasteiger charge is -2.25. The van der Waals surface area contributed by atoms with Crippen LogP contribution in [0.25, 0.3) is 11.1 Å². The van der Waals surface area contributed by atoms with E-state index in [1.54, 1.807) is 0 Å². The summed E-state index contributed by atoms with van der Waals surface area (Å²) < 4.78 is 5.54. The molecule has 1 saturated heterocycles. The van der Waals surface area contributed by atoms with Crippen molar-refractivity contribution in [2.75, 3.05) is 13.2 Å². The van der Waals surface area contributed by atoms with E-state index >= 15 is 0 Å². The molecule has 4 rings (SSSR count). The van der Waals surface area contributed by atoms with Crippen LogP contribution >= 0.6 is 0 Å². The topological polar surface area (TPSA) is 21.3 Å². The summed E-state index contributed by atoms with van der Waals surface area (Å²) in [4.78, 5) is 0. The summed E-state index contributed by atoms with van der Waals surface area (Å²) in [5, 5.41) is 3.85. The fraction of sp³-hybridized carbons (Fsp3) is 0.368. The van der Waals surface area contributed by atoms with E-state index in [1.807, 2.05) is 0 Å². The Morgan fingerprint density at radius 1 is 1.00 bits per heavy atom. The van der Waals surface area contributed by atoms with Gasteiger partial charge in [-0.1, -0.05) is 48.5 Å². The first-order valence-electron chi connectivity index (χ1n) is 7.86. The molecule has 1 aliphatic carbocycles. The Morgan fingerprint density at radius 2 is 1.62 bits per heavy atom. The molecule has 2 atom stereocenters. The molecule has 0 amide bonds. The summed E-state index contributed by atoms with van der Waals surface area (Å²) in [6.45, 7) is 4.10. The Morgan fingerprint density at radius 3 is 2.19 bits per heavy atom. The molecule has 2 unspecified atom stereocenters. The fourth-order valence-corrected chi connectivity index (χ4v) is 3.68. The van der Waals surface area contributed by atoms with E-state index < -0.39 is 0 Å². The van der Waals surface area contributed by atoms with Crippen LogP contribution in [-0.2, 0) is 4.74 Å². The van der Waals surface area contributed by atoms with Crippen LogP contribution in [0.1, 0.15) is 30.5 Å². The van der Waals surface area contributed by atoms with Gasteiger partial charge in [0.1, 0.15) is 0 Å². The van der Waals surface area contributed by atoms with Crippen molar-refractivity contribution in [3.8, 4) is 11.1 Å². The highest BCUT2D eigenvalue weighted by Gasteiger charge is 2.31. The number of benzene rings is 2. The molecule has 1 aliphatic heterocycles. The molecular weight excluding hydrogens is 258 g/mol.